The predicted molar refractivity (Wildman–Crippen MR) is 74.2 cm³/mol. The molecule has 0 saturated heterocycles. The van der Waals surface area contributed by atoms with E-state index in [2.05, 4.69) is 10.5 Å². The van der Waals surface area contributed by atoms with Crippen LogP contribution < -0.4 is 11.1 Å². The molecular weight excluding hydrogens is 242 g/mol. The average Bonchev–Trinajstić information content (AvgIpc) is 3.21. The van der Waals surface area contributed by atoms with Crippen LogP contribution >= 0.6 is 0 Å². The van der Waals surface area contributed by atoms with E-state index in [0.717, 1.165) is 18.4 Å². The van der Waals surface area contributed by atoms with Crippen molar-refractivity contribution in [1.29, 1.82) is 0 Å². The first-order valence-electron chi connectivity index (χ1n) is 6.43. The molecule has 1 aromatic rings. The maximum Gasteiger partial charge on any atom is 0.227 e. The van der Waals surface area contributed by atoms with Crippen molar-refractivity contribution in [3.05, 3.63) is 29.3 Å². The Balaban J connectivity index is 2.24. The van der Waals surface area contributed by atoms with Gasteiger partial charge in [-0.05, 0) is 37.3 Å². The minimum Gasteiger partial charge on any atom is -0.409 e. The second-order valence-electron chi connectivity index (χ2n) is 5.10. The highest BCUT2D eigenvalue weighted by molar-refractivity contribution is 6.06. The molecule has 1 aliphatic carbocycles. The largest absolute Gasteiger partial charge is 0.409 e. The lowest BCUT2D eigenvalue weighted by molar-refractivity contribution is -0.119. The molecule has 5 nitrogen and oxygen atoms in total. The molecule has 0 bridgehead atoms. The zero-order chi connectivity index (χ0) is 14.0. The molecule has 1 saturated carbocycles. The Hall–Kier alpha value is -2.04. The fourth-order valence-electron chi connectivity index (χ4n) is 2.22. The topological polar surface area (TPSA) is 87.7 Å². The van der Waals surface area contributed by atoms with Crippen LogP contribution in [0.25, 0.3) is 0 Å². The number of amides is 1. The van der Waals surface area contributed by atoms with E-state index in [-0.39, 0.29) is 17.7 Å². The highest BCUT2D eigenvalue weighted by Crippen LogP contribution is 2.37. The average molecular weight is 261 g/mol. The standard InChI is InChI=1S/C14H19N3O2/c1-8-4-3-5-11(12(8)13(15)17-19)16-14(18)9(2)10-6-7-10/h3-5,9-10,19H,6-7H2,1-2H3,(H2,15,17)(H,16,18). The smallest absolute Gasteiger partial charge is 0.227 e. The molecule has 1 unspecified atom stereocenters. The Morgan fingerprint density at radius 1 is 1.53 bits per heavy atom. The summed E-state index contributed by atoms with van der Waals surface area (Å²) < 4.78 is 0. The van der Waals surface area contributed by atoms with Gasteiger partial charge in [-0.2, -0.15) is 0 Å². The third-order valence-electron chi connectivity index (χ3n) is 3.64. The van der Waals surface area contributed by atoms with Gasteiger partial charge in [0.05, 0.1) is 5.69 Å². The first-order valence-corrected chi connectivity index (χ1v) is 6.43. The number of anilines is 1. The number of amidine groups is 1. The monoisotopic (exact) mass is 261 g/mol. The molecule has 19 heavy (non-hydrogen) atoms. The molecule has 2 rings (SSSR count). The molecule has 0 aromatic heterocycles. The summed E-state index contributed by atoms with van der Waals surface area (Å²) >= 11 is 0. The maximum absolute atomic E-state index is 12.1. The van der Waals surface area contributed by atoms with Crippen LogP contribution in [-0.4, -0.2) is 17.0 Å². The van der Waals surface area contributed by atoms with E-state index in [1.165, 1.54) is 0 Å². The zero-order valence-electron chi connectivity index (χ0n) is 11.2. The fourth-order valence-corrected chi connectivity index (χ4v) is 2.22. The highest BCUT2D eigenvalue weighted by atomic mass is 16.4. The summed E-state index contributed by atoms with van der Waals surface area (Å²) in [6.07, 6.45) is 2.24. The number of nitrogens with zero attached hydrogens (tertiary/aromatic N) is 1. The van der Waals surface area contributed by atoms with Crippen LogP contribution in [0, 0.1) is 18.8 Å². The molecule has 0 aliphatic heterocycles. The van der Waals surface area contributed by atoms with Gasteiger partial charge >= 0.3 is 0 Å². The quantitative estimate of drug-likeness (QED) is 0.335. The van der Waals surface area contributed by atoms with Crippen LogP contribution in [0.3, 0.4) is 0 Å². The van der Waals surface area contributed by atoms with Crippen LogP contribution in [0.2, 0.25) is 0 Å². The second-order valence-corrected chi connectivity index (χ2v) is 5.10. The third-order valence-corrected chi connectivity index (χ3v) is 3.64. The number of rotatable bonds is 4. The first kappa shape index (κ1) is 13.4. The third kappa shape index (κ3) is 2.86. The minimum absolute atomic E-state index is 0.000604. The summed E-state index contributed by atoms with van der Waals surface area (Å²) in [6, 6.07) is 5.45. The second kappa shape index (κ2) is 5.30. The summed E-state index contributed by atoms with van der Waals surface area (Å²) in [4.78, 5) is 12.1. The number of nitrogens with one attached hydrogen (secondary N) is 1. The van der Waals surface area contributed by atoms with Gasteiger partial charge in [0.25, 0.3) is 0 Å². The number of carbonyl (C=O) groups excluding carboxylic acids is 1. The number of oxime groups is 1. The molecular formula is C14H19N3O2. The van der Waals surface area contributed by atoms with Crippen molar-refractivity contribution in [1.82, 2.24) is 0 Å². The van der Waals surface area contributed by atoms with Gasteiger partial charge in [-0.25, -0.2) is 0 Å². The molecule has 1 fully saturated rings. The molecule has 4 N–H and O–H groups in total. The van der Waals surface area contributed by atoms with Crippen molar-refractivity contribution in [3.8, 4) is 0 Å². The fraction of sp³-hybridized carbons (Fsp3) is 0.429. The van der Waals surface area contributed by atoms with Crippen LogP contribution in [0.1, 0.15) is 30.9 Å². The van der Waals surface area contributed by atoms with Gasteiger partial charge < -0.3 is 16.3 Å². The Kier molecular flexibility index (Phi) is 3.74. The van der Waals surface area contributed by atoms with Gasteiger partial charge in [-0.1, -0.05) is 24.2 Å². The van der Waals surface area contributed by atoms with Crippen molar-refractivity contribution in [2.45, 2.75) is 26.7 Å². The molecule has 1 atom stereocenters. The zero-order valence-corrected chi connectivity index (χ0v) is 11.2. The van der Waals surface area contributed by atoms with E-state index in [0.29, 0.717) is 17.2 Å². The van der Waals surface area contributed by atoms with E-state index >= 15 is 0 Å². The number of carbonyl (C=O) groups is 1. The molecule has 0 spiro atoms. The number of benzene rings is 1. The summed E-state index contributed by atoms with van der Waals surface area (Å²) in [5.74, 6) is 0.491. The van der Waals surface area contributed by atoms with Crippen molar-refractivity contribution in [3.63, 3.8) is 0 Å². The Morgan fingerprint density at radius 2 is 2.21 bits per heavy atom. The van der Waals surface area contributed by atoms with Crippen LogP contribution in [0.5, 0.6) is 0 Å². The summed E-state index contributed by atoms with van der Waals surface area (Å²) in [5.41, 5.74) is 7.68. The van der Waals surface area contributed by atoms with E-state index in [1.54, 1.807) is 6.07 Å². The van der Waals surface area contributed by atoms with Crippen molar-refractivity contribution in [2.75, 3.05) is 5.32 Å². The SMILES string of the molecule is Cc1cccc(NC(=O)C(C)C2CC2)c1/C(N)=N/O. The molecule has 0 radical (unpaired) electrons. The van der Waals surface area contributed by atoms with Crippen molar-refractivity contribution < 1.29 is 10.0 Å². The van der Waals surface area contributed by atoms with E-state index in [1.807, 2.05) is 26.0 Å². The molecule has 1 amide bonds. The Bertz CT molecular complexity index is 521. The van der Waals surface area contributed by atoms with Crippen LogP contribution in [0.15, 0.2) is 23.4 Å². The Labute approximate surface area is 112 Å². The molecule has 102 valence electrons. The highest BCUT2D eigenvalue weighted by Gasteiger charge is 2.32. The number of hydrogen-bond donors (Lipinski definition) is 3. The summed E-state index contributed by atoms with van der Waals surface area (Å²) in [5, 5.41) is 14.7. The number of hydrogen-bond acceptors (Lipinski definition) is 3. The van der Waals surface area contributed by atoms with Gasteiger partial charge in [0.2, 0.25) is 5.91 Å². The van der Waals surface area contributed by atoms with E-state index in [4.69, 9.17) is 10.9 Å². The first-order chi connectivity index (χ1) is 9.04. The summed E-state index contributed by atoms with van der Waals surface area (Å²) in [7, 11) is 0. The maximum atomic E-state index is 12.1. The molecule has 1 aliphatic rings. The Morgan fingerprint density at radius 3 is 2.79 bits per heavy atom. The van der Waals surface area contributed by atoms with Gasteiger partial charge in [0.15, 0.2) is 5.84 Å². The lowest BCUT2D eigenvalue weighted by atomic mass is 10.0. The predicted octanol–water partition coefficient (Wildman–Crippen LogP) is 2.07. The number of aryl methyl sites for hydroxylation is 1. The van der Waals surface area contributed by atoms with Gasteiger partial charge in [-0.3, -0.25) is 4.79 Å². The summed E-state index contributed by atoms with van der Waals surface area (Å²) in [6.45, 7) is 3.79. The van der Waals surface area contributed by atoms with Gasteiger partial charge in [-0.15, -0.1) is 0 Å². The minimum atomic E-state index is -0.0138. The lowest BCUT2D eigenvalue weighted by Crippen LogP contribution is -2.25. The van der Waals surface area contributed by atoms with E-state index < -0.39 is 0 Å². The lowest BCUT2D eigenvalue weighted by Gasteiger charge is -2.15. The van der Waals surface area contributed by atoms with Gasteiger partial charge in [0.1, 0.15) is 0 Å². The van der Waals surface area contributed by atoms with E-state index in [9.17, 15) is 4.79 Å². The van der Waals surface area contributed by atoms with Crippen molar-refractivity contribution in [2.24, 2.45) is 22.7 Å². The van der Waals surface area contributed by atoms with Crippen LogP contribution in [0.4, 0.5) is 5.69 Å². The molecule has 0 heterocycles. The normalized spacial score (nSPS) is 17.1. The molecule has 1 aromatic carbocycles. The van der Waals surface area contributed by atoms with Crippen LogP contribution in [-0.2, 0) is 4.79 Å². The van der Waals surface area contributed by atoms with Crippen molar-refractivity contribution >= 4 is 17.4 Å². The number of nitrogens with two attached hydrogens (primary N) is 1. The molecule has 5 heteroatoms. The van der Waals surface area contributed by atoms with Gasteiger partial charge in [0, 0.05) is 11.5 Å².